The molecule has 364 valence electrons. The van der Waals surface area contributed by atoms with Crippen LogP contribution in [0.4, 0.5) is 0 Å². The zero-order valence-electron chi connectivity index (χ0n) is 42.7. The molecule has 0 radical (unpaired) electrons. The zero-order valence-corrected chi connectivity index (χ0v) is 48.7. The fraction of sp³-hybridized carbons (Fsp3) is 0.552. The number of aryl methyl sites for hydroxylation is 3. The first-order valence-corrected chi connectivity index (χ1v) is 36.2. The maximum atomic E-state index is 5.02. The van der Waals surface area contributed by atoms with Gasteiger partial charge in [0, 0.05) is 59.9 Å². The van der Waals surface area contributed by atoms with Gasteiger partial charge in [0.25, 0.3) is 0 Å². The van der Waals surface area contributed by atoms with Crippen LogP contribution in [0.2, 0.25) is 24.2 Å². The third kappa shape index (κ3) is 9.89. The van der Waals surface area contributed by atoms with Gasteiger partial charge < -0.3 is 0 Å². The second kappa shape index (κ2) is 23.0. The Morgan fingerprint density at radius 1 is 0.412 bits per heavy atom. The molecule has 7 aromatic rings. The van der Waals surface area contributed by atoms with Crippen LogP contribution in [0.1, 0.15) is 178 Å². The quantitative estimate of drug-likeness (QED) is 0.0392. The summed E-state index contributed by atoms with van der Waals surface area (Å²) in [6.07, 6.45) is 28.0. The predicted molar refractivity (Wildman–Crippen MR) is 314 cm³/mol. The molecule has 68 heavy (non-hydrogen) atoms. The van der Waals surface area contributed by atoms with E-state index in [0.717, 1.165) is 11.0 Å². The third-order valence-corrected chi connectivity index (χ3v) is 33.3. The van der Waals surface area contributed by atoms with Crippen LogP contribution in [0, 0.1) is 13.8 Å². The number of nitrogens with one attached hydrogen (secondary N) is 1. The van der Waals surface area contributed by atoms with E-state index in [0.29, 0.717) is 0 Å². The molecule has 0 atom stereocenters. The van der Waals surface area contributed by atoms with Crippen LogP contribution in [0.25, 0.3) is 61.2 Å². The summed E-state index contributed by atoms with van der Waals surface area (Å²) < 4.78 is 0. The zero-order chi connectivity index (χ0) is 47.3. The van der Waals surface area contributed by atoms with Crippen molar-refractivity contribution in [2.75, 3.05) is 0 Å². The number of hydrogen-bond acceptors (Lipinski definition) is 7. The Bertz CT molecular complexity index is 2730. The summed E-state index contributed by atoms with van der Waals surface area (Å²) in [6, 6.07) is 23.7. The standard InChI is InChI=1S/C58H79N3S5Si2/c1-8-13-18-23-28-42-36-47(63-41(42)7)48-39-52-58(66-48)57-51(68(52,33-26-21-16-11-4)34-27-22-17-12-5)38-46(65-57)44-30-29-43(53-54(44)60-61-59-53)45-37-50-56(64-45)55-49(35-40(6)62-55)67(50,31-24-19-14-9-2)32-25-20-15-10-3/h29-30,35-39H,8-28,31-34H2,1-7H3,(H,59,60,61). The summed E-state index contributed by atoms with van der Waals surface area (Å²) in [5, 5.41) is 20.2. The van der Waals surface area contributed by atoms with Gasteiger partial charge in [0.1, 0.15) is 27.2 Å². The summed E-state index contributed by atoms with van der Waals surface area (Å²) in [4.78, 5) is 15.2. The van der Waals surface area contributed by atoms with E-state index in [1.54, 1.807) is 45.8 Å². The lowest BCUT2D eigenvalue weighted by atomic mass is 10.1. The molecule has 1 aromatic carbocycles. The number of rotatable bonds is 28. The van der Waals surface area contributed by atoms with Crippen LogP contribution < -0.4 is 20.7 Å². The van der Waals surface area contributed by atoms with Gasteiger partial charge in [-0.05, 0) is 108 Å². The first-order chi connectivity index (χ1) is 33.3. The Labute approximate surface area is 432 Å². The first kappa shape index (κ1) is 50.5. The SMILES string of the molecule is CCCCCCc1cc(-c2cc3c(s2)-c2sc(-c4ccc(-c5cc6c(s5)-c5sc(C)cc5[Si]6(CCCCCC)CCCCCC)c5n[nH]nc45)cc2[Si]3(CCCCCC)CCCCCC)sc1C. The Hall–Kier alpha value is -2.45. The van der Waals surface area contributed by atoms with Gasteiger partial charge in [-0.3, -0.25) is 0 Å². The minimum absolute atomic E-state index is 1.04. The van der Waals surface area contributed by atoms with Crippen molar-refractivity contribution in [1.82, 2.24) is 15.4 Å². The van der Waals surface area contributed by atoms with Crippen molar-refractivity contribution in [3.8, 4) is 50.1 Å². The smallest absolute Gasteiger partial charge is 0.122 e. The average molecular weight is 1030 g/mol. The van der Waals surface area contributed by atoms with Gasteiger partial charge in [-0.1, -0.05) is 169 Å². The third-order valence-electron chi connectivity index (χ3n) is 15.9. The van der Waals surface area contributed by atoms with Crippen molar-refractivity contribution >= 4 is 105 Å². The lowest BCUT2D eigenvalue weighted by Crippen LogP contribution is -2.54. The molecule has 2 aliphatic rings. The highest BCUT2D eigenvalue weighted by Gasteiger charge is 2.49. The van der Waals surface area contributed by atoms with E-state index >= 15 is 0 Å². The van der Waals surface area contributed by atoms with Crippen LogP contribution in [0.15, 0.2) is 42.5 Å². The molecule has 0 fully saturated rings. The topological polar surface area (TPSA) is 41.6 Å². The van der Waals surface area contributed by atoms with Gasteiger partial charge >= 0.3 is 0 Å². The molecular formula is C58H79N3S5Si2. The average Bonchev–Trinajstić information content (AvgIpc) is 4.22. The predicted octanol–water partition coefficient (Wildman–Crippen LogP) is 18.4. The number of nitrogens with zero attached hydrogens (tertiary/aromatic N) is 2. The largest absolute Gasteiger partial charge is 0.197 e. The molecule has 0 unspecified atom stereocenters. The number of unbranched alkanes of at least 4 members (excludes halogenated alkanes) is 15. The monoisotopic (exact) mass is 1030 g/mol. The molecule has 9 rings (SSSR count). The van der Waals surface area contributed by atoms with Gasteiger partial charge in [0.15, 0.2) is 0 Å². The molecule has 1 N–H and O–H groups in total. The highest BCUT2D eigenvalue weighted by molar-refractivity contribution is 7.33. The lowest BCUT2D eigenvalue weighted by Gasteiger charge is -2.29. The molecule has 2 aliphatic heterocycles. The van der Waals surface area contributed by atoms with Gasteiger partial charge in [0.05, 0.1) is 0 Å². The Kier molecular flexibility index (Phi) is 17.1. The van der Waals surface area contributed by atoms with Crippen LogP contribution >= 0.6 is 56.7 Å². The van der Waals surface area contributed by atoms with Gasteiger partial charge in [-0.2, -0.15) is 15.4 Å². The summed E-state index contributed by atoms with van der Waals surface area (Å²) >= 11 is 10.4. The molecular weight excluding hydrogens is 955 g/mol. The Morgan fingerprint density at radius 2 is 0.794 bits per heavy atom. The number of aromatic nitrogens is 3. The second-order valence-electron chi connectivity index (χ2n) is 20.8. The molecule has 0 spiro atoms. The van der Waals surface area contributed by atoms with Gasteiger partial charge in [-0.15, -0.1) is 56.7 Å². The molecule has 3 nitrogen and oxygen atoms in total. The first-order valence-electron chi connectivity index (χ1n) is 27.3. The van der Waals surface area contributed by atoms with Crippen molar-refractivity contribution in [2.45, 2.75) is 207 Å². The highest BCUT2D eigenvalue weighted by atomic mass is 32.1. The van der Waals surface area contributed by atoms with E-state index in [2.05, 4.69) is 153 Å². The van der Waals surface area contributed by atoms with E-state index in [4.69, 9.17) is 10.2 Å². The Balaban J connectivity index is 1.10. The maximum absolute atomic E-state index is 5.02. The molecule has 0 saturated heterocycles. The van der Waals surface area contributed by atoms with Crippen LogP contribution in [-0.4, -0.2) is 31.6 Å². The molecule has 0 bridgehead atoms. The van der Waals surface area contributed by atoms with E-state index in [9.17, 15) is 0 Å². The van der Waals surface area contributed by atoms with Crippen molar-refractivity contribution in [2.24, 2.45) is 0 Å². The van der Waals surface area contributed by atoms with Crippen molar-refractivity contribution in [1.29, 1.82) is 0 Å². The van der Waals surface area contributed by atoms with Gasteiger partial charge in [-0.25, -0.2) is 0 Å². The fourth-order valence-corrected chi connectivity index (χ4v) is 32.2. The fourth-order valence-electron chi connectivity index (χ4n) is 12.2. The summed E-state index contributed by atoms with van der Waals surface area (Å²) in [5.41, 5.74) is 6.18. The van der Waals surface area contributed by atoms with E-state index < -0.39 is 16.1 Å². The minimum atomic E-state index is -2.03. The van der Waals surface area contributed by atoms with E-state index in [-0.39, 0.29) is 0 Å². The van der Waals surface area contributed by atoms with Crippen molar-refractivity contribution in [3.63, 3.8) is 0 Å². The van der Waals surface area contributed by atoms with E-state index in [1.807, 2.05) is 0 Å². The van der Waals surface area contributed by atoms with Crippen LogP contribution in [0.5, 0.6) is 0 Å². The lowest BCUT2D eigenvalue weighted by molar-refractivity contribution is 0.666. The molecule has 10 heteroatoms. The van der Waals surface area contributed by atoms with Crippen LogP contribution in [-0.2, 0) is 6.42 Å². The minimum Gasteiger partial charge on any atom is -0.197 e. The van der Waals surface area contributed by atoms with Gasteiger partial charge in [0.2, 0.25) is 0 Å². The number of fused-ring (bicyclic) bond motifs is 7. The normalized spacial score (nSPS) is 14.3. The highest BCUT2D eigenvalue weighted by Crippen LogP contribution is 2.51. The maximum Gasteiger partial charge on any atom is 0.122 e. The molecule has 0 saturated carbocycles. The Morgan fingerprint density at radius 3 is 1.25 bits per heavy atom. The molecule has 8 heterocycles. The van der Waals surface area contributed by atoms with Crippen molar-refractivity contribution in [3.05, 3.63) is 57.8 Å². The number of thiophene rings is 5. The van der Waals surface area contributed by atoms with Crippen molar-refractivity contribution < 1.29 is 0 Å². The second-order valence-corrected chi connectivity index (χ2v) is 34.9. The summed E-state index contributed by atoms with van der Waals surface area (Å²) in [7, 11) is -3.93. The number of aromatic amines is 1. The number of benzene rings is 1. The number of H-pyrrole nitrogens is 1. The molecule has 6 aromatic heterocycles. The number of hydrogen-bond donors (Lipinski definition) is 1. The summed E-state index contributed by atoms with van der Waals surface area (Å²) in [5.74, 6) is 0. The van der Waals surface area contributed by atoms with Crippen LogP contribution in [0.3, 0.4) is 0 Å². The molecule has 0 amide bonds. The van der Waals surface area contributed by atoms with E-state index in [1.165, 1.54) is 199 Å². The molecule has 0 aliphatic carbocycles. The summed E-state index contributed by atoms with van der Waals surface area (Å²) in [6.45, 7) is 16.5.